The molecule has 1 heterocycles. The molecule has 0 aromatic carbocycles. The van der Waals surface area contributed by atoms with Gasteiger partial charge in [-0.25, -0.2) is 9.37 Å². The van der Waals surface area contributed by atoms with Crippen LogP contribution in [0.4, 0.5) is 4.39 Å². The molecule has 0 aliphatic rings. The number of ether oxygens (including phenoxy) is 1. The minimum atomic E-state index is -0.339. The van der Waals surface area contributed by atoms with Crippen LogP contribution in [0.5, 0.6) is 5.88 Å². The summed E-state index contributed by atoms with van der Waals surface area (Å²) in [6, 6.07) is 1.43. The molecule has 0 bridgehead atoms. The van der Waals surface area contributed by atoms with Crippen LogP contribution >= 0.6 is 0 Å². The average Bonchev–Trinajstić information content (AvgIpc) is 2.15. The van der Waals surface area contributed by atoms with Crippen LogP contribution in [-0.4, -0.2) is 18.6 Å². The summed E-state index contributed by atoms with van der Waals surface area (Å²) in [6.07, 6.45) is 1.15. The van der Waals surface area contributed by atoms with Crippen LogP contribution in [0.3, 0.4) is 0 Å². The number of rotatable bonds is 4. The molecule has 0 aliphatic heterocycles. The first-order valence-corrected chi connectivity index (χ1v) is 4.17. The normalized spacial score (nSPS) is 10.1. The predicted octanol–water partition coefficient (Wildman–Crippen LogP) is 1.34. The van der Waals surface area contributed by atoms with Gasteiger partial charge in [-0.1, -0.05) is 6.92 Å². The number of methoxy groups -OCH3 is 1. The fourth-order valence-electron chi connectivity index (χ4n) is 1.04. The van der Waals surface area contributed by atoms with Gasteiger partial charge >= 0.3 is 0 Å². The molecule has 0 radical (unpaired) electrons. The van der Waals surface area contributed by atoms with Gasteiger partial charge in [0.15, 0.2) is 0 Å². The summed E-state index contributed by atoms with van der Waals surface area (Å²) in [4.78, 5) is 3.81. The molecular weight excluding hydrogens is 171 g/mol. The third-order valence-electron chi connectivity index (χ3n) is 1.65. The molecule has 0 saturated carbocycles. The Labute approximate surface area is 76.9 Å². The van der Waals surface area contributed by atoms with Crippen LogP contribution < -0.4 is 10.1 Å². The lowest BCUT2D eigenvalue weighted by molar-refractivity contribution is 0.388. The van der Waals surface area contributed by atoms with Crippen molar-refractivity contribution in [3.63, 3.8) is 0 Å². The van der Waals surface area contributed by atoms with Crippen molar-refractivity contribution >= 4 is 0 Å². The second-order valence-electron chi connectivity index (χ2n) is 2.60. The molecule has 1 aromatic heterocycles. The van der Waals surface area contributed by atoms with Crippen LogP contribution in [-0.2, 0) is 6.54 Å². The largest absolute Gasteiger partial charge is 0.481 e. The molecule has 0 spiro atoms. The van der Waals surface area contributed by atoms with E-state index in [1.165, 1.54) is 13.2 Å². The van der Waals surface area contributed by atoms with Crippen molar-refractivity contribution < 1.29 is 9.13 Å². The maximum Gasteiger partial charge on any atom is 0.217 e. The van der Waals surface area contributed by atoms with E-state index in [0.717, 1.165) is 18.3 Å². The predicted molar refractivity (Wildman–Crippen MR) is 48.1 cm³/mol. The van der Waals surface area contributed by atoms with Crippen LogP contribution in [0.25, 0.3) is 0 Å². The topological polar surface area (TPSA) is 34.2 Å². The third kappa shape index (κ3) is 2.66. The molecule has 1 N–H and O–H groups in total. The summed E-state index contributed by atoms with van der Waals surface area (Å²) in [7, 11) is 1.52. The number of pyridine rings is 1. The van der Waals surface area contributed by atoms with E-state index in [4.69, 9.17) is 4.74 Å². The Morgan fingerprint density at radius 1 is 1.62 bits per heavy atom. The summed E-state index contributed by atoms with van der Waals surface area (Å²) in [5, 5.41) is 3.08. The second-order valence-corrected chi connectivity index (χ2v) is 2.60. The zero-order chi connectivity index (χ0) is 9.68. The molecule has 0 amide bonds. The van der Waals surface area contributed by atoms with E-state index in [-0.39, 0.29) is 5.82 Å². The Kier molecular flexibility index (Phi) is 3.64. The highest BCUT2D eigenvalue weighted by Gasteiger charge is 2.04. The van der Waals surface area contributed by atoms with Crippen molar-refractivity contribution in [2.24, 2.45) is 0 Å². The summed E-state index contributed by atoms with van der Waals surface area (Å²) >= 11 is 0. The lowest BCUT2D eigenvalue weighted by atomic mass is 10.2. The fraction of sp³-hybridized carbons (Fsp3) is 0.444. The molecule has 3 nitrogen and oxygen atoms in total. The smallest absolute Gasteiger partial charge is 0.217 e. The van der Waals surface area contributed by atoms with Crippen LogP contribution in [0, 0.1) is 5.82 Å². The lowest BCUT2D eigenvalue weighted by Gasteiger charge is -2.06. The molecule has 0 unspecified atom stereocenters. The van der Waals surface area contributed by atoms with Gasteiger partial charge in [-0.15, -0.1) is 0 Å². The van der Waals surface area contributed by atoms with Crippen molar-refractivity contribution in [3.8, 4) is 5.88 Å². The van der Waals surface area contributed by atoms with Crippen molar-refractivity contribution in [2.45, 2.75) is 13.5 Å². The first-order valence-electron chi connectivity index (χ1n) is 4.17. The minimum Gasteiger partial charge on any atom is -0.481 e. The van der Waals surface area contributed by atoms with Gasteiger partial charge in [0.05, 0.1) is 13.3 Å². The van der Waals surface area contributed by atoms with Crippen LogP contribution in [0.15, 0.2) is 12.3 Å². The van der Waals surface area contributed by atoms with Crippen molar-refractivity contribution in [1.82, 2.24) is 10.3 Å². The Bertz CT molecular complexity index is 278. The SMILES string of the molecule is CCNCc1cc(F)cnc1OC. The van der Waals surface area contributed by atoms with E-state index in [1.807, 2.05) is 6.92 Å². The summed E-state index contributed by atoms with van der Waals surface area (Å²) in [6.45, 7) is 3.39. The minimum absolute atomic E-state index is 0.339. The maximum absolute atomic E-state index is 12.8. The number of nitrogens with one attached hydrogen (secondary N) is 1. The highest BCUT2D eigenvalue weighted by atomic mass is 19.1. The van der Waals surface area contributed by atoms with Crippen LogP contribution in [0.1, 0.15) is 12.5 Å². The van der Waals surface area contributed by atoms with Gasteiger partial charge in [-0.3, -0.25) is 0 Å². The van der Waals surface area contributed by atoms with Gasteiger partial charge in [0.2, 0.25) is 5.88 Å². The Balaban J connectivity index is 2.81. The molecule has 13 heavy (non-hydrogen) atoms. The zero-order valence-electron chi connectivity index (χ0n) is 7.80. The number of halogens is 1. The highest BCUT2D eigenvalue weighted by molar-refractivity contribution is 5.25. The molecule has 4 heteroatoms. The van der Waals surface area contributed by atoms with Gasteiger partial charge in [0.25, 0.3) is 0 Å². The highest BCUT2D eigenvalue weighted by Crippen LogP contribution is 2.14. The molecule has 0 atom stereocenters. The van der Waals surface area contributed by atoms with E-state index in [2.05, 4.69) is 10.3 Å². The van der Waals surface area contributed by atoms with E-state index in [9.17, 15) is 4.39 Å². The second kappa shape index (κ2) is 4.77. The van der Waals surface area contributed by atoms with Crippen LogP contribution in [0.2, 0.25) is 0 Å². The standard InChI is InChI=1S/C9H13FN2O/c1-3-11-5-7-4-8(10)6-12-9(7)13-2/h4,6,11H,3,5H2,1-2H3. The van der Waals surface area contributed by atoms with E-state index < -0.39 is 0 Å². The summed E-state index contributed by atoms with van der Waals surface area (Å²) in [5.41, 5.74) is 0.740. The molecule has 0 aliphatic carbocycles. The zero-order valence-corrected chi connectivity index (χ0v) is 7.80. The molecule has 1 aromatic rings. The van der Waals surface area contributed by atoms with Gasteiger partial charge in [-0.2, -0.15) is 0 Å². The van der Waals surface area contributed by atoms with E-state index in [1.54, 1.807) is 0 Å². The number of nitrogens with zero attached hydrogens (tertiary/aromatic N) is 1. The molecule has 0 saturated heterocycles. The molecule has 72 valence electrons. The summed E-state index contributed by atoms with van der Waals surface area (Å²) in [5.74, 6) is 0.135. The van der Waals surface area contributed by atoms with E-state index in [0.29, 0.717) is 12.4 Å². The first-order chi connectivity index (χ1) is 6.27. The van der Waals surface area contributed by atoms with E-state index >= 15 is 0 Å². The molecule has 1 rings (SSSR count). The lowest BCUT2D eigenvalue weighted by Crippen LogP contribution is -2.13. The van der Waals surface area contributed by atoms with Gasteiger partial charge < -0.3 is 10.1 Å². The third-order valence-corrected chi connectivity index (χ3v) is 1.65. The van der Waals surface area contributed by atoms with Gasteiger partial charge in [-0.05, 0) is 12.6 Å². The number of aromatic nitrogens is 1. The maximum atomic E-state index is 12.8. The molecule has 0 fully saturated rings. The monoisotopic (exact) mass is 184 g/mol. The van der Waals surface area contributed by atoms with Crippen molar-refractivity contribution in [2.75, 3.05) is 13.7 Å². The fourth-order valence-corrected chi connectivity index (χ4v) is 1.04. The average molecular weight is 184 g/mol. The first kappa shape index (κ1) is 9.92. The Morgan fingerprint density at radius 3 is 3.00 bits per heavy atom. The Morgan fingerprint density at radius 2 is 2.38 bits per heavy atom. The number of hydrogen-bond donors (Lipinski definition) is 1. The molecular formula is C9H13FN2O. The van der Waals surface area contributed by atoms with Gasteiger partial charge in [0.1, 0.15) is 5.82 Å². The summed E-state index contributed by atoms with van der Waals surface area (Å²) < 4.78 is 17.7. The quantitative estimate of drug-likeness (QED) is 0.766. The van der Waals surface area contributed by atoms with Crippen molar-refractivity contribution in [1.29, 1.82) is 0 Å². The Hall–Kier alpha value is -1.16. The van der Waals surface area contributed by atoms with Crippen molar-refractivity contribution in [3.05, 3.63) is 23.6 Å². The number of hydrogen-bond acceptors (Lipinski definition) is 3. The van der Waals surface area contributed by atoms with Gasteiger partial charge in [0, 0.05) is 12.1 Å².